The molecule has 0 fully saturated rings. The Labute approximate surface area is 148 Å². The third-order valence-electron chi connectivity index (χ3n) is 3.82. The van der Waals surface area contributed by atoms with Gasteiger partial charge in [0.15, 0.2) is 0 Å². The minimum Gasteiger partial charge on any atom is -0.427 e. The molecule has 0 radical (unpaired) electrons. The molecule has 2 aromatic rings. The Morgan fingerprint density at radius 3 is 1.28 bits per heavy atom. The first-order chi connectivity index (χ1) is 11.7. The van der Waals surface area contributed by atoms with Crippen molar-refractivity contribution in [3.05, 3.63) is 59.7 Å². The molecule has 0 amide bonds. The number of esters is 2. The van der Waals surface area contributed by atoms with Crippen LogP contribution in [0.5, 0.6) is 11.5 Å². The molecule has 25 heavy (non-hydrogen) atoms. The zero-order valence-corrected chi connectivity index (χ0v) is 15.3. The highest BCUT2D eigenvalue weighted by Crippen LogP contribution is 2.41. The van der Waals surface area contributed by atoms with E-state index in [2.05, 4.69) is 20.8 Å². The molecule has 0 atom stereocenters. The lowest BCUT2D eigenvalue weighted by atomic mass is 9.72. The van der Waals surface area contributed by atoms with Gasteiger partial charge in [0.1, 0.15) is 11.5 Å². The van der Waals surface area contributed by atoms with Gasteiger partial charge in [-0.3, -0.25) is 9.59 Å². The average molecular weight is 340 g/mol. The van der Waals surface area contributed by atoms with E-state index in [4.69, 9.17) is 9.47 Å². The molecule has 0 saturated heterocycles. The van der Waals surface area contributed by atoms with Crippen molar-refractivity contribution in [2.24, 2.45) is 5.41 Å². The Kier molecular flexibility index (Phi) is 5.62. The molecule has 2 aromatic carbocycles. The predicted octanol–water partition coefficient (Wildman–Crippen LogP) is 4.72. The first-order valence-corrected chi connectivity index (χ1v) is 8.23. The van der Waals surface area contributed by atoms with Gasteiger partial charge in [-0.2, -0.15) is 0 Å². The highest BCUT2D eigenvalue weighted by atomic mass is 16.5. The Balaban J connectivity index is 2.33. The standard InChI is InChI=1S/C21H24O4/c1-14(22)24-18-10-6-16(7-11-18)20(21(3,4)5)17-8-12-19(13-9-17)25-15(2)23/h6-13,20H,1-5H3. The second-order valence-corrected chi connectivity index (χ2v) is 7.12. The molecule has 0 aromatic heterocycles. The van der Waals surface area contributed by atoms with Crippen LogP contribution in [-0.2, 0) is 9.59 Å². The fraction of sp³-hybridized carbons (Fsp3) is 0.333. The third-order valence-corrected chi connectivity index (χ3v) is 3.82. The molecular weight excluding hydrogens is 316 g/mol. The highest BCUT2D eigenvalue weighted by molar-refractivity contribution is 5.69. The quantitative estimate of drug-likeness (QED) is 0.597. The van der Waals surface area contributed by atoms with E-state index in [1.165, 1.54) is 13.8 Å². The fourth-order valence-electron chi connectivity index (χ4n) is 2.98. The van der Waals surface area contributed by atoms with Crippen LogP contribution in [-0.4, -0.2) is 11.9 Å². The van der Waals surface area contributed by atoms with E-state index in [1.807, 2.05) is 48.5 Å². The molecule has 0 spiro atoms. The van der Waals surface area contributed by atoms with Gasteiger partial charge >= 0.3 is 11.9 Å². The monoisotopic (exact) mass is 340 g/mol. The zero-order valence-electron chi connectivity index (χ0n) is 15.3. The fourth-order valence-corrected chi connectivity index (χ4v) is 2.98. The molecule has 0 unspecified atom stereocenters. The maximum Gasteiger partial charge on any atom is 0.308 e. The number of rotatable bonds is 4. The smallest absolute Gasteiger partial charge is 0.308 e. The van der Waals surface area contributed by atoms with Crippen LogP contribution in [0.15, 0.2) is 48.5 Å². The van der Waals surface area contributed by atoms with Crippen LogP contribution < -0.4 is 9.47 Å². The number of hydrogen-bond donors (Lipinski definition) is 0. The summed E-state index contributed by atoms with van der Waals surface area (Å²) in [4.78, 5) is 22.1. The molecule has 0 aliphatic rings. The molecule has 4 heteroatoms. The number of carbonyl (C=O) groups is 2. The average Bonchev–Trinajstić information content (AvgIpc) is 2.48. The van der Waals surface area contributed by atoms with Crippen molar-refractivity contribution in [2.75, 3.05) is 0 Å². The van der Waals surface area contributed by atoms with Crippen molar-refractivity contribution < 1.29 is 19.1 Å². The van der Waals surface area contributed by atoms with Crippen LogP contribution in [0, 0.1) is 5.41 Å². The van der Waals surface area contributed by atoms with E-state index in [-0.39, 0.29) is 23.3 Å². The Morgan fingerprint density at radius 1 is 0.720 bits per heavy atom. The zero-order chi connectivity index (χ0) is 18.6. The van der Waals surface area contributed by atoms with E-state index in [1.54, 1.807) is 0 Å². The summed E-state index contributed by atoms with van der Waals surface area (Å²) in [6.45, 7) is 9.31. The van der Waals surface area contributed by atoms with E-state index < -0.39 is 0 Å². The number of benzene rings is 2. The summed E-state index contributed by atoms with van der Waals surface area (Å²) < 4.78 is 10.2. The minimum atomic E-state index is -0.332. The summed E-state index contributed by atoms with van der Waals surface area (Å²) in [5.74, 6) is 0.552. The lowest BCUT2D eigenvalue weighted by Gasteiger charge is -2.32. The summed E-state index contributed by atoms with van der Waals surface area (Å²) >= 11 is 0. The van der Waals surface area contributed by atoms with Gasteiger partial charge in [-0.15, -0.1) is 0 Å². The van der Waals surface area contributed by atoms with Gasteiger partial charge in [0.05, 0.1) is 0 Å². The van der Waals surface area contributed by atoms with Crippen LogP contribution in [0.2, 0.25) is 0 Å². The molecule has 132 valence electrons. The second-order valence-electron chi connectivity index (χ2n) is 7.12. The van der Waals surface area contributed by atoms with Gasteiger partial charge in [-0.05, 0) is 40.8 Å². The van der Waals surface area contributed by atoms with Crippen molar-refractivity contribution in [3.63, 3.8) is 0 Å². The number of hydrogen-bond acceptors (Lipinski definition) is 4. The molecule has 0 heterocycles. The van der Waals surface area contributed by atoms with Crippen molar-refractivity contribution in [3.8, 4) is 11.5 Å². The summed E-state index contributed by atoms with van der Waals surface area (Å²) in [6, 6.07) is 15.2. The number of carbonyl (C=O) groups excluding carboxylic acids is 2. The lowest BCUT2D eigenvalue weighted by molar-refractivity contribution is -0.132. The first-order valence-electron chi connectivity index (χ1n) is 8.23. The van der Waals surface area contributed by atoms with Crippen LogP contribution in [0.4, 0.5) is 0 Å². The Bertz CT molecular complexity index is 677. The SMILES string of the molecule is CC(=O)Oc1ccc(C(c2ccc(OC(C)=O)cc2)C(C)(C)C)cc1. The van der Waals surface area contributed by atoms with Crippen LogP contribution in [0.3, 0.4) is 0 Å². The van der Waals surface area contributed by atoms with Crippen molar-refractivity contribution in [1.29, 1.82) is 0 Å². The van der Waals surface area contributed by atoms with Gasteiger partial charge in [0.25, 0.3) is 0 Å². The summed E-state index contributed by atoms with van der Waals surface area (Å²) in [5.41, 5.74) is 2.23. The molecule has 0 bridgehead atoms. The Hall–Kier alpha value is -2.62. The van der Waals surface area contributed by atoms with Crippen molar-refractivity contribution in [2.45, 2.75) is 40.5 Å². The van der Waals surface area contributed by atoms with Gasteiger partial charge in [-0.1, -0.05) is 45.0 Å². The molecule has 0 saturated carbocycles. The van der Waals surface area contributed by atoms with Gasteiger partial charge in [0, 0.05) is 19.8 Å². The van der Waals surface area contributed by atoms with Gasteiger partial charge in [0.2, 0.25) is 0 Å². The summed E-state index contributed by atoms with van der Waals surface area (Å²) in [7, 11) is 0. The van der Waals surface area contributed by atoms with E-state index in [0.717, 1.165) is 11.1 Å². The van der Waals surface area contributed by atoms with Gasteiger partial charge in [-0.25, -0.2) is 0 Å². The van der Waals surface area contributed by atoms with Crippen molar-refractivity contribution in [1.82, 2.24) is 0 Å². The molecule has 2 rings (SSSR count). The van der Waals surface area contributed by atoms with E-state index in [0.29, 0.717) is 11.5 Å². The normalized spacial score (nSPS) is 11.3. The predicted molar refractivity (Wildman–Crippen MR) is 96.8 cm³/mol. The highest BCUT2D eigenvalue weighted by Gasteiger charge is 2.28. The maximum atomic E-state index is 11.1. The summed E-state index contributed by atoms with van der Waals surface area (Å²) in [5, 5.41) is 0. The van der Waals surface area contributed by atoms with Crippen LogP contribution in [0.1, 0.15) is 51.7 Å². The molecule has 4 nitrogen and oxygen atoms in total. The van der Waals surface area contributed by atoms with Crippen LogP contribution >= 0.6 is 0 Å². The third kappa shape index (κ3) is 5.18. The van der Waals surface area contributed by atoms with Crippen LogP contribution in [0.25, 0.3) is 0 Å². The van der Waals surface area contributed by atoms with Gasteiger partial charge < -0.3 is 9.47 Å². The summed E-state index contributed by atoms with van der Waals surface area (Å²) in [6.07, 6.45) is 0. The second kappa shape index (κ2) is 7.51. The number of ether oxygens (including phenoxy) is 2. The molecule has 0 N–H and O–H groups in total. The van der Waals surface area contributed by atoms with E-state index >= 15 is 0 Å². The Morgan fingerprint density at radius 2 is 1.04 bits per heavy atom. The molecule has 0 aliphatic heterocycles. The molecular formula is C21H24O4. The largest absolute Gasteiger partial charge is 0.427 e. The van der Waals surface area contributed by atoms with Crippen molar-refractivity contribution >= 4 is 11.9 Å². The topological polar surface area (TPSA) is 52.6 Å². The lowest BCUT2D eigenvalue weighted by Crippen LogP contribution is -2.19. The first kappa shape index (κ1) is 18.7. The minimum absolute atomic E-state index is 0.0219. The maximum absolute atomic E-state index is 11.1. The molecule has 0 aliphatic carbocycles. The van der Waals surface area contributed by atoms with E-state index in [9.17, 15) is 9.59 Å².